The van der Waals surface area contributed by atoms with Crippen LogP contribution in [0, 0.1) is 0 Å². The average molecular weight is 259 g/mol. The zero-order chi connectivity index (χ0) is 12.4. The third kappa shape index (κ3) is 3.71. The summed E-state index contributed by atoms with van der Waals surface area (Å²) in [4.78, 5) is 14.9. The van der Waals surface area contributed by atoms with Crippen molar-refractivity contribution in [1.82, 2.24) is 0 Å². The van der Waals surface area contributed by atoms with Crippen LogP contribution in [0.5, 0.6) is 0 Å². The Bertz CT molecular complexity index is 308. The smallest absolute Gasteiger partial charge is 0.256 e. The standard InChI is InChI=1S/C11H21NO2SSi/c1-11(2,3)16(4,5)14-7-6-10-12-9(13)8-15-10/h6-8H2,1-5H3. The predicted molar refractivity (Wildman–Crippen MR) is 72.7 cm³/mol. The SMILES string of the molecule is CC(C)(C)[Si](C)(C)OCCC1=NC(=O)CS1. The minimum absolute atomic E-state index is 0.00711. The van der Waals surface area contributed by atoms with E-state index in [1.807, 2.05) is 0 Å². The van der Waals surface area contributed by atoms with Gasteiger partial charge >= 0.3 is 0 Å². The molecule has 0 saturated heterocycles. The molecule has 0 aliphatic carbocycles. The number of nitrogens with zero attached hydrogens (tertiary/aromatic N) is 1. The van der Waals surface area contributed by atoms with E-state index in [-0.39, 0.29) is 10.9 Å². The van der Waals surface area contributed by atoms with Crippen molar-refractivity contribution in [2.24, 2.45) is 4.99 Å². The van der Waals surface area contributed by atoms with Crippen LogP contribution in [0.4, 0.5) is 0 Å². The molecule has 92 valence electrons. The molecule has 1 aliphatic heterocycles. The van der Waals surface area contributed by atoms with E-state index in [1.165, 1.54) is 0 Å². The Kier molecular flexibility index (Phi) is 4.37. The molecule has 1 rings (SSSR count). The molecule has 0 bridgehead atoms. The van der Waals surface area contributed by atoms with Gasteiger partial charge in [-0.2, -0.15) is 0 Å². The lowest BCUT2D eigenvalue weighted by Crippen LogP contribution is -2.41. The van der Waals surface area contributed by atoms with Crippen molar-refractivity contribution < 1.29 is 9.22 Å². The quantitative estimate of drug-likeness (QED) is 0.728. The summed E-state index contributed by atoms with van der Waals surface area (Å²) in [5, 5.41) is 1.18. The van der Waals surface area contributed by atoms with Crippen molar-refractivity contribution >= 4 is 31.0 Å². The van der Waals surface area contributed by atoms with E-state index in [4.69, 9.17) is 4.43 Å². The molecule has 16 heavy (non-hydrogen) atoms. The molecule has 1 heterocycles. The maximum atomic E-state index is 10.9. The second-order valence-electron chi connectivity index (χ2n) is 5.55. The van der Waals surface area contributed by atoms with Gasteiger partial charge in [-0.1, -0.05) is 20.8 Å². The number of rotatable bonds is 4. The number of carbonyl (C=O) groups excluding carboxylic acids is 1. The van der Waals surface area contributed by atoms with E-state index < -0.39 is 8.32 Å². The molecule has 0 aromatic rings. The molecule has 1 aliphatic rings. The fourth-order valence-electron chi connectivity index (χ4n) is 1.09. The molecule has 1 amide bonds. The Morgan fingerprint density at radius 3 is 2.50 bits per heavy atom. The number of aliphatic imine (C=N–C) groups is 1. The molecule has 0 spiro atoms. The third-order valence-corrected chi connectivity index (χ3v) is 8.75. The Hall–Kier alpha value is -0.133. The molecule has 0 aromatic heterocycles. The van der Waals surface area contributed by atoms with E-state index in [0.29, 0.717) is 12.4 Å². The molecule has 0 unspecified atom stereocenters. The monoisotopic (exact) mass is 259 g/mol. The molecular weight excluding hydrogens is 238 g/mol. The van der Waals surface area contributed by atoms with Crippen molar-refractivity contribution in [3.8, 4) is 0 Å². The highest BCUT2D eigenvalue weighted by Gasteiger charge is 2.37. The topological polar surface area (TPSA) is 38.7 Å². The Balaban J connectivity index is 2.36. The average Bonchev–Trinajstić information content (AvgIpc) is 2.49. The molecule has 0 fully saturated rings. The highest BCUT2D eigenvalue weighted by atomic mass is 32.2. The summed E-state index contributed by atoms with van der Waals surface area (Å²) >= 11 is 1.54. The highest BCUT2D eigenvalue weighted by molar-refractivity contribution is 8.15. The van der Waals surface area contributed by atoms with Crippen molar-refractivity contribution in [3.05, 3.63) is 0 Å². The van der Waals surface area contributed by atoms with Crippen LogP contribution in [0.3, 0.4) is 0 Å². The van der Waals surface area contributed by atoms with Crippen LogP contribution < -0.4 is 0 Å². The first kappa shape index (κ1) is 13.9. The van der Waals surface area contributed by atoms with Gasteiger partial charge in [0.15, 0.2) is 8.32 Å². The van der Waals surface area contributed by atoms with Gasteiger partial charge in [-0.25, -0.2) is 4.99 Å². The zero-order valence-corrected chi connectivity index (χ0v) is 12.6. The van der Waals surface area contributed by atoms with Crippen LogP contribution in [-0.4, -0.2) is 31.6 Å². The van der Waals surface area contributed by atoms with E-state index in [0.717, 1.165) is 11.5 Å². The molecule has 3 nitrogen and oxygen atoms in total. The number of carbonyl (C=O) groups is 1. The molecule has 0 atom stereocenters. The number of hydrogen-bond acceptors (Lipinski definition) is 3. The summed E-state index contributed by atoms with van der Waals surface area (Å²) < 4.78 is 6.02. The normalized spacial score (nSPS) is 17.8. The maximum Gasteiger partial charge on any atom is 0.256 e. The molecule has 0 aromatic carbocycles. The van der Waals surface area contributed by atoms with Crippen molar-refractivity contribution in [2.75, 3.05) is 12.4 Å². The minimum atomic E-state index is -1.64. The maximum absolute atomic E-state index is 10.9. The van der Waals surface area contributed by atoms with Gasteiger partial charge in [0.2, 0.25) is 0 Å². The number of thioether (sulfide) groups is 1. The van der Waals surface area contributed by atoms with Gasteiger partial charge in [0.1, 0.15) is 0 Å². The minimum Gasteiger partial charge on any atom is -0.416 e. The first-order valence-electron chi connectivity index (χ1n) is 5.59. The van der Waals surface area contributed by atoms with Crippen LogP contribution in [0.25, 0.3) is 0 Å². The van der Waals surface area contributed by atoms with E-state index in [1.54, 1.807) is 11.8 Å². The van der Waals surface area contributed by atoms with Crippen LogP contribution >= 0.6 is 11.8 Å². The van der Waals surface area contributed by atoms with Crippen molar-refractivity contribution in [3.63, 3.8) is 0 Å². The second kappa shape index (κ2) is 5.02. The summed E-state index contributed by atoms with van der Waals surface area (Å²) in [5.74, 6) is 0.502. The highest BCUT2D eigenvalue weighted by Crippen LogP contribution is 2.36. The van der Waals surface area contributed by atoms with Gasteiger partial charge in [-0.05, 0) is 18.1 Å². The van der Waals surface area contributed by atoms with Gasteiger partial charge < -0.3 is 4.43 Å². The first-order chi connectivity index (χ1) is 7.22. The summed E-state index contributed by atoms with van der Waals surface area (Å²) in [7, 11) is -1.64. The van der Waals surface area contributed by atoms with Gasteiger partial charge in [0.05, 0.1) is 10.8 Å². The van der Waals surface area contributed by atoms with E-state index in [2.05, 4.69) is 38.9 Å². The fourth-order valence-corrected chi connectivity index (χ4v) is 2.88. The molecule has 0 saturated carbocycles. The van der Waals surface area contributed by atoms with E-state index in [9.17, 15) is 4.79 Å². The van der Waals surface area contributed by atoms with Gasteiger partial charge in [0.25, 0.3) is 5.91 Å². The Labute approximate surface area is 103 Å². The molecule has 0 N–H and O–H groups in total. The summed E-state index contributed by atoms with van der Waals surface area (Å²) in [5.41, 5.74) is 0. The first-order valence-corrected chi connectivity index (χ1v) is 9.49. The largest absolute Gasteiger partial charge is 0.416 e. The Morgan fingerprint density at radius 1 is 1.44 bits per heavy atom. The molecule has 0 radical (unpaired) electrons. The van der Waals surface area contributed by atoms with Gasteiger partial charge in [-0.3, -0.25) is 4.79 Å². The van der Waals surface area contributed by atoms with E-state index >= 15 is 0 Å². The van der Waals surface area contributed by atoms with Crippen LogP contribution in [0.2, 0.25) is 18.1 Å². The lowest BCUT2D eigenvalue weighted by molar-refractivity contribution is -0.115. The number of amides is 1. The van der Waals surface area contributed by atoms with Gasteiger partial charge in [0, 0.05) is 13.0 Å². The zero-order valence-electron chi connectivity index (χ0n) is 10.8. The number of hydrogen-bond donors (Lipinski definition) is 0. The second-order valence-corrected chi connectivity index (χ2v) is 11.4. The lowest BCUT2D eigenvalue weighted by Gasteiger charge is -2.36. The summed E-state index contributed by atoms with van der Waals surface area (Å²) in [6.45, 7) is 11.8. The summed E-state index contributed by atoms with van der Waals surface area (Å²) in [6.07, 6.45) is 0.781. The van der Waals surface area contributed by atoms with Crippen LogP contribution in [0.1, 0.15) is 27.2 Å². The summed E-state index contributed by atoms with van der Waals surface area (Å²) in [6, 6.07) is 0. The van der Waals surface area contributed by atoms with Crippen LogP contribution in [0.15, 0.2) is 4.99 Å². The fraction of sp³-hybridized carbons (Fsp3) is 0.818. The lowest BCUT2D eigenvalue weighted by atomic mass is 10.2. The third-order valence-electron chi connectivity index (χ3n) is 3.20. The van der Waals surface area contributed by atoms with Crippen molar-refractivity contribution in [1.29, 1.82) is 0 Å². The Morgan fingerprint density at radius 2 is 2.06 bits per heavy atom. The predicted octanol–water partition coefficient (Wildman–Crippen LogP) is 3.07. The molecule has 5 heteroatoms. The molecular formula is C11H21NO2SSi. The van der Waals surface area contributed by atoms with Gasteiger partial charge in [-0.15, -0.1) is 11.8 Å². The van der Waals surface area contributed by atoms with Crippen molar-refractivity contribution in [2.45, 2.75) is 45.3 Å². The van der Waals surface area contributed by atoms with Crippen LogP contribution in [-0.2, 0) is 9.22 Å².